The van der Waals surface area contributed by atoms with Crippen LogP contribution in [0.2, 0.25) is 0 Å². The molecule has 1 heterocycles. The molecule has 3 unspecified atom stereocenters. The van der Waals surface area contributed by atoms with Gasteiger partial charge in [-0.3, -0.25) is 4.79 Å². The van der Waals surface area contributed by atoms with E-state index in [0.717, 1.165) is 13.0 Å². The van der Waals surface area contributed by atoms with E-state index < -0.39 is 11.5 Å². The third-order valence-electron chi connectivity index (χ3n) is 3.68. The van der Waals surface area contributed by atoms with Crippen LogP contribution < -0.4 is 5.32 Å². The highest BCUT2D eigenvalue weighted by Gasteiger charge is 2.68. The molecule has 2 rings (SSSR count). The molecule has 1 aliphatic carbocycles. The Bertz CT molecular complexity index is 231. The highest BCUT2D eigenvalue weighted by Crippen LogP contribution is 2.62. The van der Waals surface area contributed by atoms with Gasteiger partial charge in [0, 0.05) is 5.41 Å². The Balaban J connectivity index is 0.000000720. The fraction of sp³-hybridized carbons (Fsp3) is 0.875. The van der Waals surface area contributed by atoms with Crippen LogP contribution in [-0.4, -0.2) is 23.2 Å². The summed E-state index contributed by atoms with van der Waals surface area (Å²) < 4.78 is 0. The van der Waals surface area contributed by atoms with Gasteiger partial charge in [-0.1, -0.05) is 6.92 Å². The van der Waals surface area contributed by atoms with Crippen molar-refractivity contribution in [1.82, 2.24) is 5.32 Å². The van der Waals surface area contributed by atoms with Crippen molar-refractivity contribution >= 4 is 18.4 Å². The number of carboxylic acids is 1. The normalized spacial score (nSPS) is 49.3. The van der Waals surface area contributed by atoms with Crippen molar-refractivity contribution in [3.8, 4) is 0 Å². The van der Waals surface area contributed by atoms with Gasteiger partial charge in [0.25, 0.3) is 0 Å². The van der Waals surface area contributed by atoms with Gasteiger partial charge in [-0.25, -0.2) is 0 Å². The number of piperidine rings is 1. The minimum absolute atomic E-state index is 0. The van der Waals surface area contributed by atoms with Crippen LogP contribution in [-0.2, 0) is 4.79 Å². The largest absolute Gasteiger partial charge is 0.480 e. The van der Waals surface area contributed by atoms with Crippen molar-refractivity contribution in [2.45, 2.75) is 25.8 Å². The van der Waals surface area contributed by atoms with E-state index in [0.29, 0.717) is 5.92 Å². The van der Waals surface area contributed by atoms with Crippen LogP contribution in [0.15, 0.2) is 0 Å². The maximum atomic E-state index is 10.9. The molecule has 2 N–H and O–H groups in total. The highest BCUT2D eigenvalue weighted by molar-refractivity contribution is 5.85. The number of nitrogens with one attached hydrogen (secondary N) is 1. The molecule has 1 saturated carbocycles. The lowest BCUT2D eigenvalue weighted by molar-refractivity contribution is -0.146. The molecular formula is C8H14ClNO2. The topological polar surface area (TPSA) is 49.3 Å². The number of halogens is 1. The van der Waals surface area contributed by atoms with Gasteiger partial charge in [-0.2, -0.15) is 0 Å². The quantitative estimate of drug-likeness (QED) is 0.647. The van der Waals surface area contributed by atoms with Crippen molar-refractivity contribution in [3.05, 3.63) is 0 Å². The molecule has 0 aromatic heterocycles. The summed E-state index contributed by atoms with van der Waals surface area (Å²) in [5.74, 6) is -0.108. The molecule has 0 aromatic rings. The molecule has 12 heavy (non-hydrogen) atoms. The SMILES string of the molecule is CC1(C(=O)O)NCC2CC21C.Cl. The Kier molecular flexibility index (Phi) is 1.93. The molecule has 0 bridgehead atoms. The Morgan fingerprint density at radius 3 is 2.33 bits per heavy atom. The van der Waals surface area contributed by atoms with Crippen molar-refractivity contribution in [2.24, 2.45) is 11.3 Å². The maximum absolute atomic E-state index is 10.9. The van der Waals surface area contributed by atoms with E-state index in [1.54, 1.807) is 6.92 Å². The van der Waals surface area contributed by atoms with Crippen LogP contribution in [0.5, 0.6) is 0 Å². The summed E-state index contributed by atoms with van der Waals surface area (Å²) >= 11 is 0. The second-order valence-electron chi connectivity index (χ2n) is 4.13. The van der Waals surface area contributed by atoms with Gasteiger partial charge in [-0.15, -0.1) is 12.4 Å². The molecule has 3 nitrogen and oxygen atoms in total. The minimum Gasteiger partial charge on any atom is -0.480 e. The average molecular weight is 192 g/mol. The van der Waals surface area contributed by atoms with E-state index in [2.05, 4.69) is 12.2 Å². The summed E-state index contributed by atoms with van der Waals surface area (Å²) in [6.45, 7) is 4.73. The summed E-state index contributed by atoms with van der Waals surface area (Å²) in [4.78, 5) is 10.9. The molecule has 0 amide bonds. The molecule has 3 atom stereocenters. The van der Waals surface area contributed by atoms with Gasteiger partial charge in [0.2, 0.25) is 0 Å². The monoisotopic (exact) mass is 191 g/mol. The number of aliphatic carboxylic acids is 1. The Morgan fingerprint density at radius 1 is 1.58 bits per heavy atom. The summed E-state index contributed by atoms with van der Waals surface area (Å²) in [5, 5.41) is 12.0. The number of hydrogen-bond acceptors (Lipinski definition) is 2. The van der Waals surface area contributed by atoms with Crippen LogP contribution >= 0.6 is 12.4 Å². The summed E-state index contributed by atoms with van der Waals surface area (Å²) in [7, 11) is 0. The molecule has 2 fully saturated rings. The minimum atomic E-state index is -0.708. The molecule has 0 radical (unpaired) electrons. The molecule has 2 aliphatic rings. The van der Waals surface area contributed by atoms with Crippen molar-refractivity contribution in [1.29, 1.82) is 0 Å². The predicted octanol–water partition coefficient (Wildman–Crippen LogP) is 0.881. The van der Waals surface area contributed by atoms with Crippen LogP contribution in [0, 0.1) is 11.3 Å². The molecule has 70 valence electrons. The third kappa shape index (κ3) is 0.837. The van der Waals surface area contributed by atoms with Crippen molar-refractivity contribution < 1.29 is 9.90 Å². The van der Waals surface area contributed by atoms with Crippen LogP contribution in [0.4, 0.5) is 0 Å². The van der Waals surface area contributed by atoms with E-state index in [1.807, 2.05) is 0 Å². The number of hydrogen-bond donors (Lipinski definition) is 2. The van der Waals surface area contributed by atoms with Crippen LogP contribution in [0.1, 0.15) is 20.3 Å². The fourth-order valence-corrected chi connectivity index (χ4v) is 2.21. The first kappa shape index (κ1) is 9.81. The lowest BCUT2D eigenvalue weighted by atomic mass is 9.85. The van der Waals surface area contributed by atoms with Crippen molar-refractivity contribution in [2.75, 3.05) is 6.54 Å². The van der Waals surface area contributed by atoms with Gasteiger partial charge in [0.15, 0.2) is 0 Å². The molecule has 1 saturated heterocycles. The van der Waals surface area contributed by atoms with Crippen LogP contribution in [0.25, 0.3) is 0 Å². The Hall–Kier alpha value is -0.280. The van der Waals surface area contributed by atoms with Gasteiger partial charge in [0.1, 0.15) is 5.54 Å². The van der Waals surface area contributed by atoms with E-state index in [9.17, 15) is 4.79 Å². The number of carbonyl (C=O) groups is 1. The van der Waals surface area contributed by atoms with Gasteiger partial charge >= 0.3 is 5.97 Å². The molecule has 4 heteroatoms. The molecule has 1 aliphatic heterocycles. The lowest BCUT2D eigenvalue weighted by Gasteiger charge is -2.27. The summed E-state index contributed by atoms with van der Waals surface area (Å²) in [6, 6.07) is 0. The van der Waals surface area contributed by atoms with Crippen LogP contribution in [0.3, 0.4) is 0 Å². The van der Waals surface area contributed by atoms with Crippen molar-refractivity contribution in [3.63, 3.8) is 0 Å². The Labute approximate surface area is 77.9 Å². The first-order chi connectivity index (χ1) is 5.01. The summed E-state index contributed by atoms with van der Waals surface area (Å²) in [5.41, 5.74) is -0.642. The molecule has 0 aromatic carbocycles. The third-order valence-corrected chi connectivity index (χ3v) is 3.68. The zero-order valence-electron chi connectivity index (χ0n) is 7.26. The van der Waals surface area contributed by atoms with Gasteiger partial charge < -0.3 is 10.4 Å². The zero-order valence-corrected chi connectivity index (χ0v) is 8.07. The Morgan fingerprint density at radius 2 is 2.17 bits per heavy atom. The van der Waals surface area contributed by atoms with Gasteiger partial charge in [-0.05, 0) is 25.8 Å². The van der Waals surface area contributed by atoms with Gasteiger partial charge in [0.05, 0.1) is 0 Å². The number of rotatable bonds is 1. The summed E-state index contributed by atoms with van der Waals surface area (Å²) in [6.07, 6.45) is 1.07. The van der Waals surface area contributed by atoms with E-state index in [4.69, 9.17) is 5.11 Å². The van der Waals surface area contributed by atoms with E-state index in [-0.39, 0.29) is 17.8 Å². The smallest absolute Gasteiger partial charge is 0.324 e. The second kappa shape index (κ2) is 2.36. The fourth-order valence-electron chi connectivity index (χ4n) is 2.21. The lowest BCUT2D eigenvalue weighted by Crippen LogP contribution is -2.51. The molecule has 0 spiro atoms. The first-order valence-electron chi connectivity index (χ1n) is 3.99. The second-order valence-corrected chi connectivity index (χ2v) is 4.13. The standard InChI is InChI=1S/C8H13NO2.ClH/c1-7-3-5(7)4-9-8(7,2)6(10)11;/h5,9H,3-4H2,1-2H3,(H,10,11);1H. The number of fused-ring (bicyclic) bond motifs is 1. The highest BCUT2D eigenvalue weighted by atomic mass is 35.5. The maximum Gasteiger partial charge on any atom is 0.324 e. The molecular weight excluding hydrogens is 178 g/mol. The predicted molar refractivity (Wildman–Crippen MR) is 47.5 cm³/mol. The van der Waals surface area contributed by atoms with E-state index in [1.165, 1.54) is 0 Å². The first-order valence-corrected chi connectivity index (χ1v) is 3.99. The zero-order chi connectivity index (χ0) is 8.28. The number of carboxylic acid groups (broad SMARTS) is 1. The average Bonchev–Trinajstić information content (AvgIpc) is 2.52. The van der Waals surface area contributed by atoms with E-state index >= 15 is 0 Å².